The molecule has 0 aliphatic carbocycles. The average molecular weight is 375 g/mol. The predicted octanol–water partition coefficient (Wildman–Crippen LogP) is 4.86. The molecule has 0 aliphatic rings. The number of para-hydroxylation sites is 2. The molecule has 0 fully saturated rings. The highest BCUT2D eigenvalue weighted by Crippen LogP contribution is 2.20. The van der Waals surface area contributed by atoms with Gasteiger partial charge in [0.15, 0.2) is 5.11 Å². The second kappa shape index (κ2) is 7.57. The molecule has 4 nitrogen and oxygen atoms in total. The van der Waals surface area contributed by atoms with Crippen LogP contribution in [0.3, 0.4) is 0 Å². The van der Waals surface area contributed by atoms with Gasteiger partial charge in [-0.25, -0.2) is 4.98 Å². The lowest BCUT2D eigenvalue weighted by atomic mass is 10.2. The molecule has 3 rings (SSSR count). The summed E-state index contributed by atoms with van der Waals surface area (Å²) in [5.41, 5.74) is 4.97. The molecule has 0 amide bonds. The van der Waals surface area contributed by atoms with E-state index in [0.717, 1.165) is 10.9 Å². The van der Waals surface area contributed by atoms with Gasteiger partial charge < -0.3 is 5.32 Å². The topological polar surface area (TPSA) is 49.3 Å². The summed E-state index contributed by atoms with van der Waals surface area (Å²) in [6.07, 6.45) is 1.57. The lowest BCUT2D eigenvalue weighted by Crippen LogP contribution is -2.24. The van der Waals surface area contributed by atoms with Crippen molar-refractivity contribution in [2.24, 2.45) is 5.10 Å². The van der Waals surface area contributed by atoms with Crippen LogP contribution in [-0.4, -0.2) is 16.3 Å². The van der Waals surface area contributed by atoms with Gasteiger partial charge in [-0.15, -0.1) is 0 Å². The molecule has 0 saturated carbocycles. The van der Waals surface area contributed by atoms with Crippen LogP contribution < -0.4 is 10.7 Å². The quantitative estimate of drug-likeness (QED) is 0.297. The zero-order valence-corrected chi connectivity index (χ0v) is 14.7. The molecule has 0 aliphatic heterocycles. The molecular weight excluding hydrogens is 363 g/mol. The highest BCUT2D eigenvalue weighted by molar-refractivity contribution is 7.80. The first-order chi connectivity index (χ1) is 11.6. The maximum Gasteiger partial charge on any atom is 0.191 e. The number of thiocarbonyl (C=S) groups is 1. The highest BCUT2D eigenvalue weighted by atomic mass is 35.5. The molecule has 1 heterocycles. The van der Waals surface area contributed by atoms with Crippen LogP contribution in [0.1, 0.15) is 5.56 Å². The smallest absolute Gasteiger partial charge is 0.191 e. The van der Waals surface area contributed by atoms with E-state index in [-0.39, 0.29) is 0 Å². The van der Waals surface area contributed by atoms with Crippen molar-refractivity contribution in [1.29, 1.82) is 0 Å². The predicted molar refractivity (Wildman–Crippen MR) is 105 cm³/mol. The van der Waals surface area contributed by atoms with E-state index in [1.807, 2.05) is 48.5 Å². The van der Waals surface area contributed by atoms with E-state index in [1.165, 1.54) is 0 Å². The van der Waals surface area contributed by atoms with Gasteiger partial charge in [0.1, 0.15) is 5.15 Å². The van der Waals surface area contributed by atoms with Crippen molar-refractivity contribution in [1.82, 2.24) is 10.4 Å². The molecule has 2 N–H and O–H groups in total. The summed E-state index contributed by atoms with van der Waals surface area (Å²) in [5, 5.41) is 9.32. The Balaban J connectivity index is 1.69. The van der Waals surface area contributed by atoms with Gasteiger partial charge in [0.05, 0.1) is 22.4 Å². The summed E-state index contributed by atoms with van der Waals surface area (Å²) in [6.45, 7) is 0. The minimum atomic E-state index is 0.323. The number of benzene rings is 2. The Morgan fingerprint density at radius 2 is 1.83 bits per heavy atom. The molecular formula is C17H12Cl2N4S. The standard InChI is InChI=1S/C17H12Cl2N4S/c18-13-6-2-4-8-15(13)22-17(24)23-20-10-12-9-11-5-1-3-7-14(11)21-16(12)19/h1-10H,(H2,22,23,24). The van der Waals surface area contributed by atoms with E-state index in [0.29, 0.717) is 26.5 Å². The highest BCUT2D eigenvalue weighted by Gasteiger charge is 2.03. The molecule has 0 atom stereocenters. The molecule has 0 unspecified atom stereocenters. The summed E-state index contributed by atoms with van der Waals surface area (Å²) in [4.78, 5) is 4.33. The molecule has 120 valence electrons. The molecule has 24 heavy (non-hydrogen) atoms. The van der Waals surface area contributed by atoms with Crippen LogP contribution in [0, 0.1) is 0 Å². The number of nitrogens with one attached hydrogen (secondary N) is 2. The SMILES string of the molecule is S=C(NN=Cc1cc2ccccc2nc1Cl)Nc1ccccc1Cl. The molecule has 2 aromatic carbocycles. The summed E-state index contributed by atoms with van der Waals surface area (Å²) in [7, 11) is 0. The number of pyridine rings is 1. The van der Waals surface area contributed by atoms with Gasteiger partial charge in [0, 0.05) is 10.9 Å². The zero-order valence-electron chi connectivity index (χ0n) is 12.3. The molecule has 0 bridgehead atoms. The second-order valence-corrected chi connectivity index (χ2v) is 6.04. The van der Waals surface area contributed by atoms with Crippen LogP contribution in [0.2, 0.25) is 10.2 Å². The molecule has 0 saturated heterocycles. The number of aromatic nitrogens is 1. The molecule has 7 heteroatoms. The van der Waals surface area contributed by atoms with Crippen molar-refractivity contribution >= 4 is 63.3 Å². The average Bonchev–Trinajstić information content (AvgIpc) is 2.57. The largest absolute Gasteiger partial charge is 0.330 e. The van der Waals surface area contributed by atoms with Crippen LogP contribution in [0.15, 0.2) is 59.7 Å². The maximum absolute atomic E-state index is 6.17. The Morgan fingerprint density at radius 1 is 1.08 bits per heavy atom. The fourth-order valence-electron chi connectivity index (χ4n) is 2.07. The van der Waals surface area contributed by atoms with Gasteiger partial charge >= 0.3 is 0 Å². The van der Waals surface area contributed by atoms with Gasteiger partial charge in [-0.1, -0.05) is 53.5 Å². The van der Waals surface area contributed by atoms with Crippen molar-refractivity contribution < 1.29 is 0 Å². The van der Waals surface area contributed by atoms with Gasteiger partial charge in [0.25, 0.3) is 0 Å². The van der Waals surface area contributed by atoms with Crippen molar-refractivity contribution in [2.75, 3.05) is 5.32 Å². The van der Waals surface area contributed by atoms with Crippen LogP contribution in [-0.2, 0) is 0 Å². The Hall–Kier alpha value is -2.21. The Kier molecular flexibility index (Phi) is 5.25. The van der Waals surface area contributed by atoms with Crippen LogP contribution in [0.4, 0.5) is 5.69 Å². The lowest BCUT2D eigenvalue weighted by molar-refractivity contribution is 1.05. The second-order valence-electron chi connectivity index (χ2n) is 4.87. The minimum absolute atomic E-state index is 0.323. The van der Waals surface area contributed by atoms with Gasteiger partial charge in [0.2, 0.25) is 0 Å². The van der Waals surface area contributed by atoms with E-state index < -0.39 is 0 Å². The third kappa shape index (κ3) is 4.00. The van der Waals surface area contributed by atoms with Crippen LogP contribution in [0.25, 0.3) is 10.9 Å². The van der Waals surface area contributed by atoms with Crippen molar-refractivity contribution in [2.45, 2.75) is 0 Å². The van der Waals surface area contributed by atoms with E-state index in [9.17, 15) is 0 Å². The summed E-state index contributed by atoms with van der Waals surface area (Å²) in [6, 6.07) is 17.0. The number of rotatable bonds is 3. The molecule has 0 radical (unpaired) electrons. The zero-order chi connectivity index (χ0) is 16.9. The van der Waals surface area contributed by atoms with Crippen LogP contribution >= 0.6 is 35.4 Å². The maximum atomic E-state index is 6.17. The first kappa shape index (κ1) is 16.6. The fourth-order valence-corrected chi connectivity index (χ4v) is 2.61. The summed E-state index contributed by atoms with van der Waals surface area (Å²) in [5.74, 6) is 0. The molecule has 3 aromatic rings. The van der Waals surface area contributed by atoms with Gasteiger partial charge in [-0.3, -0.25) is 5.43 Å². The lowest BCUT2D eigenvalue weighted by Gasteiger charge is -2.08. The van der Waals surface area contributed by atoms with Crippen LogP contribution in [0.5, 0.6) is 0 Å². The summed E-state index contributed by atoms with van der Waals surface area (Å²) < 4.78 is 0. The third-order valence-electron chi connectivity index (χ3n) is 3.20. The van der Waals surface area contributed by atoms with Crippen molar-refractivity contribution in [3.8, 4) is 0 Å². The Morgan fingerprint density at radius 3 is 2.67 bits per heavy atom. The first-order valence-corrected chi connectivity index (χ1v) is 8.20. The van der Waals surface area contributed by atoms with Gasteiger partial charge in [-0.05, 0) is 36.5 Å². The Labute approximate surface area is 154 Å². The number of nitrogens with zero attached hydrogens (tertiary/aromatic N) is 2. The normalized spacial score (nSPS) is 10.9. The number of fused-ring (bicyclic) bond motifs is 1. The number of anilines is 1. The van der Waals surface area contributed by atoms with E-state index in [4.69, 9.17) is 35.4 Å². The van der Waals surface area contributed by atoms with Crippen molar-refractivity contribution in [3.05, 3.63) is 70.3 Å². The fraction of sp³-hybridized carbons (Fsp3) is 0. The van der Waals surface area contributed by atoms with Gasteiger partial charge in [-0.2, -0.15) is 5.10 Å². The van der Waals surface area contributed by atoms with E-state index in [2.05, 4.69) is 20.8 Å². The number of hydrogen-bond donors (Lipinski definition) is 2. The molecule has 0 spiro atoms. The first-order valence-electron chi connectivity index (χ1n) is 7.03. The minimum Gasteiger partial charge on any atom is -0.330 e. The summed E-state index contributed by atoms with van der Waals surface area (Å²) >= 11 is 17.4. The number of halogens is 2. The number of hydrogen-bond acceptors (Lipinski definition) is 3. The van der Waals surface area contributed by atoms with Crippen molar-refractivity contribution in [3.63, 3.8) is 0 Å². The van der Waals surface area contributed by atoms with E-state index in [1.54, 1.807) is 12.3 Å². The van der Waals surface area contributed by atoms with E-state index >= 15 is 0 Å². The molecule has 1 aromatic heterocycles. The third-order valence-corrected chi connectivity index (χ3v) is 4.02. The Bertz CT molecular complexity index is 927. The monoisotopic (exact) mass is 374 g/mol. The number of hydrazone groups is 1.